The van der Waals surface area contributed by atoms with Crippen LogP contribution in [0.3, 0.4) is 0 Å². The Morgan fingerprint density at radius 2 is 2.17 bits per heavy atom. The summed E-state index contributed by atoms with van der Waals surface area (Å²) in [6, 6.07) is 1.98. The fourth-order valence-electron chi connectivity index (χ4n) is 2.20. The average molecular weight is 248 g/mol. The van der Waals surface area contributed by atoms with Crippen molar-refractivity contribution in [3.63, 3.8) is 0 Å². The standard InChI is InChI=1S/C12H16N4O2/c1-8-7-10(15-17-8)12-14-11(16-18-12)9-5-3-2-4-6-13-9/h7,9,13H,2-6H2,1H3. The van der Waals surface area contributed by atoms with Crippen molar-refractivity contribution < 1.29 is 9.05 Å². The lowest BCUT2D eigenvalue weighted by Crippen LogP contribution is -2.21. The Kier molecular flexibility index (Phi) is 3.10. The quantitative estimate of drug-likeness (QED) is 0.878. The molecule has 0 aliphatic carbocycles. The highest BCUT2D eigenvalue weighted by molar-refractivity contribution is 5.45. The molecule has 2 aromatic heterocycles. The fraction of sp³-hybridized carbons (Fsp3) is 0.583. The predicted octanol–water partition coefficient (Wildman–Crippen LogP) is 2.24. The minimum absolute atomic E-state index is 0.193. The van der Waals surface area contributed by atoms with Crippen LogP contribution >= 0.6 is 0 Å². The molecule has 3 rings (SSSR count). The first kappa shape index (κ1) is 11.4. The maximum atomic E-state index is 5.23. The highest BCUT2D eigenvalue weighted by Crippen LogP contribution is 2.23. The van der Waals surface area contributed by atoms with Crippen molar-refractivity contribution in [3.8, 4) is 11.6 Å². The van der Waals surface area contributed by atoms with Gasteiger partial charge in [0.15, 0.2) is 11.5 Å². The molecule has 0 aromatic carbocycles. The van der Waals surface area contributed by atoms with Crippen molar-refractivity contribution in [2.45, 2.75) is 38.6 Å². The molecular weight excluding hydrogens is 232 g/mol. The number of hydrogen-bond donors (Lipinski definition) is 1. The van der Waals surface area contributed by atoms with E-state index in [0.717, 1.165) is 18.7 Å². The van der Waals surface area contributed by atoms with Gasteiger partial charge in [0.25, 0.3) is 5.89 Å². The van der Waals surface area contributed by atoms with E-state index in [1.165, 1.54) is 19.3 Å². The second kappa shape index (κ2) is 4.89. The van der Waals surface area contributed by atoms with E-state index in [2.05, 4.69) is 20.6 Å². The Morgan fingerprint density at radius 3 is 3.00 bits per heavy atom. The SMILES string of the molecule is Cc1cc(-c2nc(C3CCCCCN3)no2)no1. The molecule has 6 heteroatoms. The summed E-state index contributed by atoms with van der Waals surface area (Å²) < 4.78 is 10.2. The zero-order valence-corrected chi connectivity index (χ0v) is 10.3. The highest BCUT2D eigenvalue weighted by Gasteiger charge is 2.21. The molecule has 2 aromatic rings. The third kappa shape index (κ3) is 2.28. The van der Waals surface area contributed by atoms with Gasteiger partial charge in [-0.3, -0.25) is 0 Å². The van der Waals surface area contributed by atoms with Gasteiger partial charge in [0.05, 0.1) is 6.04 Å². The molecule has 18 heavy (non-hydrogen) atoms. The Labute approximate surface area is 105 Å². The van der Waals surface area contributed by atoms with Crippen LogP contribution < -0.4 is 5.32 Å². The molecule has 1 fully saturated rings. The molecule has 1 aliphatic rings. The van der Waals surface area contributed by atoms with Crippen LogP contribution in [-0.4, -0.2) is 21.8 Å². The summed E-state index contributed by atoms with van der Waals surface area (Å²) in [5.41, 5.74) is 0.597. The van der Waals surface area contributed by atoms with Crippen LogP contribution in [-0.2, 0) is 0 Å². The third-order valence-corrected chi connectivity index (χ3v) is 3.16. The summed E-state index contributed by atoms with van der Waals surface area (Å²) >= 11 is 0. The number of aromatic nitrogens is 3. The van der Waals surface area contributed by atoms with Gasteiger partial charge in [0.2, 0.25) is 0 Å². The van der Waals surface area contributed by atoms with Crippen LogP contribution in [0.5, 0.6) is 0 Å². The van der Waals surface area contributed by atoms with Crippen LogP contribution in [0.1, 0.15) is 43.3 Å². The summed E-state index contributed by atoms with van der Waals surface area (Å²) in [5.74, 6) is 1.87. The first-order valence-electron chi connectivity index (χ1n) is 6.33. The highest BCUT2D eigenvalue weighted by atomic mass is 16.5. The third-order valence-electron chi connectivity index (χ3n) is 3.16. The first-order chi connectivity index (χ1) is 8.83. The van der Waals surface area contributed by atoms with Gasteiger partial charge in [0.1, 0.15) is 5.76 Å². The van der Waals surface area contributed by atoms with E-state index < -0.39 is 0 Å². The van der Waals surface area contributed by atoms with E-state index in [-0.39, 0.29) is 6.04 Å². The molecular formula is C12H16N4O2. The number of hydrogen-bond acceptors (Lipinski definition) is 6. The molecule has 3 heterocycles. The smallest absolute Gasteiger partial charge is 0.280 e. The van der Waals surface area contributed by atoms with Crippen molar-refractivity contribution in [3.05, 3.63) is 17.7 Å². The first-order valence-corrected chi connectivity index (χ1v) is 6.33. The van der Waals surface area contributed by atoms with E-state index in [4.69, 9.17) is 9.05 Å². The van der Waals surface area contributed by atoms with Crippen LogP contribution in [0, 0.1) is 6.92 Å². The lowest BCUT2D eigenvalue weighted by molar-refractivity contribution is 0.384. The van der Waals surface area contributed by atoms with Gasteiger partial charge in [-0.1, -0.05) is 23.2 Å². The Hall–Kier alpha value is -1.69. The minimum atomic E-state index is 0.193. The van der Waals surface area contributed by atoms with Gasteiger partial charge in [-0.15, -0.1) is 0 Å². The van der Waals surface area contributed by atoms with E-state index in [1.807, 2.05) is 6.92 Å². The average Bonchev–Trinajstić information content (AvgIpc) is 2.92. The van der Waals surface area contributed by atoms with Gasteiger partial charge in [0, 0.05) is 6.07 Å². The van der Waals surface area contributed by atoms with Gasteiger partial charge in [-0.25, -0.2) is 0 Å². The molecule has 0 radical (unpaired) electrons. The van der Waals surface area contributed by atoms with E-state index in [1.54, 1.807) is 6.07 Å². The van der Waals surface area contributed by atoms with E-state index in [9.17, 15) is 0 Å². The largest absolute Gasteiger partial charge is 0.361 e. The Morgan fingerprint density at radius 1 is 1.22 bits per heavy atom. The molecule has 0 saturated carbocycles. The van der Waals surface area contributed by atoms with Crippen molar-refractivity contribution in [2.24, 2.45) is 0 Å². The topological polar surface area (TPSA) is 77.0 Å². The molecule has 96 valence electrons. The van der Waals surface area contributed by atoms with Crippen LogP contribution in [0.4, 0.5) is 0 Å². The Balaban J connectivity index is 1.80. The maximum Gasteiger partial charge on any atom is 0.280 e. The van der Waals surface area contributed by atoms with Gasteiger partial charge in [-0.2, -0.15) is 4.98 Å². The number of aryl methyl sites for hydroxylation is 1. The molecule has 1 saturated heterocycles. The maximum absolute atomic E-state index is 5.23. The van der Waals surface area contributed by atoms with Crippen molar-refractivity contribution in [1.29, 1.82) is 0 Å². The summed E-state index contributed by atoms with van der Waals surface area (Å²) in [5, 5.41) is 11.3. The van der Waals surface area contributed by atoms with Crippen molar-refractivity contribution in [1.82, 2.24) is 20.6 Å². The minimum Gasteiger partial charge on any atom is -0.361 e. The summed E-state index contributed by atoms with van der Waals surface area (Å²) in [4.78, 5) is 4.40. The number of rotatable bonds is 2. The molecule has 0 amide bonds. The second-order valence-electron chi connectivity index (χ2n) is 4.64. The zero-order valence-electron chi connectivity index (χ0n) is 10.3. The van der Waals surface area contributed by atoms with Crippen LogP contribution in [0.2, 0.25) is 0 Å². The number of nitrogens with one attached hydrogen (secondary N) is 1. The molecule has 1 aliphatic heterocycles. The summed E-state index contributed by atoms with van der Waals surface area (Å²) in [7, 11) is 0. The summed E-state index contributed by atoms with van der Waals surface area (Å²) in [6.07, 6.45) is 4.72. The Bertz CT molecular complexity index is 512. The predicted molar refractivity (Wildman–Crippen MR) is 63.7 cm³/mol. The van der Waals surface area contributed by atoms with Crippen LogP contribution in [0.25, 0.3) is 11.6 Å². The number of nitrogens with zero attached hydrogens (tertiary/aromatic N) is 3. The van der Waals surface area contributed by atoms with Gasteiger partial charge < -0.3 is 14.4 Å². The normalized spacial score (nSPS) is 20.8. The monoisotopic (exact) mass is 248 g/mol. The molecule has 1 unspecified atom stereocenters. The zero-order chi connectivity index (χ0) is 12.4. The van der Waals surface area contributed by atoms with Crippen molar-refractivity contribution in [2.75, 3.05) is 6.54 Å². The molecule has 1 N–H and O–H groups in total. The van der Waals surface area contributed by atoms with Gasteiger partial charge >= 0.3 is 0 Å². The van der Waals surface area contributed by atoms with Crippen LogP contribution in [0.15, 0.2) is 15.1 Å². The lowest BCUT2D eigenvalue weighted by atomic mass is 10.1. The second-order valence-corrected chi connectivity index (χ2v) is 4.64. The van der Waals surface area contributed by atoms with Crippen molar-refractivity contribution >= 4 is 0 Å². The molecule has 1 atom stereocenters. The summed E-state index contributed by atoms with van der Waals surface area (Å²) in [6.45, 7) is 2.85. The molecule has 0 bridgehead atoms. The van der Waals surface area contributed by atoms with E-state index in [0.29, 0.717) is 17.4 Å². The lowest BCUT2D eigenvalue weighted by Gasteiger charge is -2.09. The molecule has 6 nitrogen and oxygen atoms in total. The molecule has 0 spiro atoms. The van der Waals surface area contributed by atoms with Gasteiger partial charge in [-0.05, 0) is 26.3 Å². The fourth-order valence-corrected chi connectivity index (χ4v) is 2.20. The van der Waals surface area contributed by atoms with E-state index >= 15 is 0 Å².